The zero-order chi connectivity index (χ0) is 12.6. The Labute approximate surface area is 108 Å². The van der Waals surface area contributed by atoms with Gasteiger partial charge in [0, 0.05) is 13.2 Å². The highest BCUT2D eigenvalue weighted by atomic mass is 16.5. The van der Waals surface area contributed by atoms with Gasteiger partial charge in [-0.2, -0.15) is 0 Å². The number of hydrogen-bond acceptors (Lipinski definition) is 3. The summed E-state index contributed by atoms with van der Waals surface area (Å²) in [5, 5.41) is 12.3. The number of nitrogens with one attached hydrogen (secondary N) is 1. The lowest BCUT2D eigenvalue weighted by atomic mass is 10.1. The second-order valence-electron chi connectivity index (χ2n) is 4.56. The molecule has 1 heterocycles. The van der Waals surface area contributed by atoms with E-state index in [2.05, 4.69) is 29.6 Å². The molecule has 1 aromatic carbocycles. The lowest BCUT2D eigenvalue weighted by molar-refractivity contribution is 0.0179. The Bertz CT molecular complexity index is 364. The van der Waals surface area contributed by atoms with Crippen molar-refractivity contribution in [2.45, 2.75) is 31.6 Å². The van der Waals surface area contributed by atoms with Crippen molar-refractivity contribution in [3.8, 4) is 0 Å². The fourth-order valence-electron chi connectivity index (χ4n) is 2.18. The maximum atomic E-state index is 8.95. The second-order valence-corrected chi connectivity index (χ2v) is 4.56. The highest BCUT2D eigenvalue weighted by Crippen LogP contribution is 2.14. The molecular weight excluding hydrogens is 226 g/mol. The first-order valence-corrected chi connectivity index (χ1v) is 6.56. The molecule has 3 nitrogen and oxygen atoms in total. The first kappa shape index (κ1) is 13.3. The molecule has 98 valence electrons. The first-order chi connectivity index (χ1) is 8.90. The van der Waals surface area contributed by atoms with Gasteiger partial charge in [0.05, 0.1) is 18.8 Å². The minimum Gasteiger partial charge on any atom is -0.396 e. The first-order valence-electron chi connectivity index (χ1n) is 6.56. The summed E-state index contributed by atoms with van der Waals surface area (Å²) in [6.07, 6.45) is 6.09. The molecule has 2 rings (SSSR count). The van der Waals surface area contributed by atoms with Crippen LogP contribution in [-0.4, -0.2) is 30.4 Å². The van der Waals surface area contributed by atoms with Gasteiger partial charge in [-0.15, -0.1) is 0 Å². The van der Waals surface area contributed by atoms with Crippen molar-refractivity contribution < 1.29 is 9.84 Å². The van der Waals surface area contributed by atoms with Crippen LogP contribution in [0.2, 0.25) is 0 Å². The molecule has 18 heavy (non-hydrogen) atoms. The molecule has 1 aliphatic heterocycles. The molecule has 2 atom stereocenters. The van der Waals surface area contributed by atoms with Crippen molar-refractivity contribution in [2.75, 3.05) is 13.2 Å². The average molecular weight is 247 g/mol. The van der Waals surface area contributed by atoms with Crippen LogP contribution in [0, 0.1) is 0 Å². The predicted molar refractivity (Wildman–Crippen MR) is 72.3 cm³/mol. The quantitative estimate of drug-likeness (QED) is 0.723. The maximum Gasteiger partial charge on any atom is 0.0769 e. The van der Waals surface area contributed by atoms with E-state index in [1.165, 1.54) is 5.56 Å². The van der Waals surface area contributed by atoms with Gasteiger partial charge in [0.1, 0.15) is 0 Å². The topological polar surface area (TPSA) is 41.5 Å². The molecule has 0 saturated carbocycles. The molecule has 1 aliphatic rings. The molecule has 0 bridgehead atoms. The fourth-order valence-corrected chi connectivity index (χ4v) is 2.18. The van der Waals surface area contributed by atoms with Crippen molar-refractivity contribution in [3.05, 3.63) is 48.0 Å². The molecule has 0 unspecified atom stereocenters. The Hall–Kier alpha value is -1.16. The summed E-state index contributed by atoms with van der Waals surface area (Å²) in [5.74, 6) is 0. The summed E-state index contributed by atoms with van der Waals surface area (Å²) < 4.78 is 5.99. The lowest BCUT2D eigenvalue weighted by Crippen LogP contribution is -2.37. The number of rotatable bonds is 7. The number of ether oxygens (including phenoxy) is 1. The van der Waals surface area contributed by atoms with E-state index in [4.69, 9.17) is 9.84 Å². The van der Waals surface area contributed by atoms with Crippen LogP contribution in [0.15, 0.2) is 42.5 Å². The molecule has 2 N–H and O–H groups in total. The van der Waals surface area contributed by atoms with Crippen LogP contribution in [0.4, 0.5) is 0 Å². The van der Waals surface area contributed by atoms with Gasteiger partial charge in [-0.1, -0.05) is 42.5 Å². The van der Waals surface area contributed by atoms with Crippen LogP contribution in [0.1, 0.15) is 18.4 Å². The van der Waals surface area contributed by atoms with Gasteiger partial charge in [0.2, 0.25) is 0 Å². The van der Waals surface area contributed by atoms with Crippen LogP contribution in [-0.2, 0) is 11.3 Å². The summed E-state index contributed by atoms with van der Waals surface area (Å²) >= 11 is 0. The maximum absolute atomic E-state index is 8.95. The van der Waals surface area contributed by atoms with E-state index in [1.807, 2.05) is 18.2 Å². The monoisotopic (exact) mass is 247 g/mol. The third kappa shape index (κ3) is 3.95. The molecule has 0 fully saturated rings. The smallest absolute Gasteiger partial charge is 0.0769 e. The number of hydrogen-bond donors (Lipinski definition) is 2. The van der Waals surface area contributed by atoms with Crippen molar-refractivity contribution in [3.63, 3.8) is 0 Å². The van der Waals surface area contributed by atoms with Gasteiger partial charge >= 0.3 is 0 Å². The molecule has 3 heteroatoms. The molecular formula is C15H21NO2. The van der Waals surface area contributed by atoms with Crippen LogP contribution in [0.3, 0.4) is 0 Å². The average Bonchev–Trinajstić information content (AvgIpc) is 2.94. The largest absolute Gasteiger partial charge is 0.396 e. The highest BCUT2D eigenvalue weighted by Gasteiger charge is 2.21. The van der Waals surface area contributed by atoms with Gasteiger partial charge in [-0.3, -0.25) is 0 Å². The number of benzene rings is 1. The molecule has 0 aliphatic carbocycles. The van der Waals surface area contributed by atoms with Gasteiger partial charge in [-0.25, -0.2) is 0 Å². The van der Waals surface area contributed by atoms with Crippen molar-refractivity contribution in [1.29, 1.82) is 0 Å². The molecule has 0 amide bonds. The van der Waals surface area contributed by atoms with Crippen LogP contribution in [0.25, 0.3) is 0 Å². The summed E-state index contributed by atoms with van der Waals surface area (Å²) in [6.45, 7) is 1.76. The van der Waals surface area contributed by atoms with Crippen LogP contribution >= 0.6 is 0 Å². The predicted octanol–water partition coefficient (Wildman–Crippen LogP) is 1.87. The Kier molecular flexibility index (Phi) is 5.39. The number of aliphatic hydroxyl groups is 1. The van der Waals surface area contributed by atoms with E-state index in [0.717, 1.165) is 19.4 Å². The Morgan fingerprint density at radius 3 is 2.83 bits per heavy atom. The van der Waals surface area contributed by atoms with Gasteiger partial charge in [-0.05, 0) is 18.4 Å². The van der Waals surface area contributed by atoms with Crippen molar-refractivity contribution in [2.24, 2.45) is 0 Å². The summed E-state index contributed by atoms with van der Waals surface area (Å²) in [4.78, 5) is 0. The molecule has 1 aromatic rings. The van der Waals surface area contributed by atoms with Crippen molar-refractivity contribution in [1.82, 2.24) is 5.32 Å². The van der Waals surface area contributed by atoms with E-state index >= 15 is 0 Å². The normalized spacial score (nSPS) is 20.2. The molecule has 0 spiro atoms. The highest BCUT2D eigenvalue weighted by molar-refractivity contribution is 5.13. The zero-order valence-corrected chi connectivity index (χ0v) is 10.6. The lowest BCUT2D eigenvalue weighted by Gasteiger charge is -2.23. The third-order valence-corrected chi connectivity index (χ3v) is 3.17. The van der Waals surface area contributed by atoms with E-state index in [9.17, 15) is 0 Å². The third-order valence-electron chi connectivity index (χ3n) is 3.17. The Balaban J connectivity index is 1.86. The van der Waals surface area contributed by atoms with Gasteiger partial charge in [0.25, 0.3) is 0 Å². The molecule has 0 saturated heterocycles. The summed E-state index contributed by atoms with van der Waals surface area (Å²) in [7, 11) is 0. The standard InChI is InChI=1S/C15H21NO2/c17-11-5-9-15(14-8-4-10-16-14)18-12-13-6-2-1-3-7-13/h1-4,6-8,14-17H,5,9-12H2/t14-,15+/m0/s1. The Morgan fingerprint density at radius 2 is 2.17 bits per heavy atom. The molecule has 0 aromatic heterocycles. The van der Waals surface area contributed by atoms with Gasteiger partial charge < -0.3 is 15.2 Å². The van der Waals surface area contributed by atoms with Crippen LogP contribution in [0.5, 0.6) is 0 Å². The fraction of sp³-hybridized carbons (Fsp3) is 0.467. The van der Waals surface area contributed by atoms with E-state index in [1.54, 1.807) is 0 Å². The second kappa shape index (κ2) is 7.31. The van der Waals surface area contributed by atoms with E-state index in [0.29, 0.717) is 6.61 Å². The summed E-state index contributed by atoms with van der Waals surface area (Å²) in [5.41, 5.74) is 1.19. The zero-order valence-electron chi connectivity index (χ0n) is 10.6. The molecule has 0 radical (unpaired) electrons. The minimum absolute atomic E-state index is 0.135. The number of aliphatic hydroxyl groups excluding tert-OH is 1. The summed E-state index contributed by atoms with van der Waals surface area (Å²) in [6, 6.07) is 10.5. The van der Waals surface area contributed by atoms with Crippen LogP contribution < -0.4 is 5.32 Å². The van der Waals surface area contributed by atoms with E-state index < -0.39 is 0 Å². The minimum atomic E-state index is 0.135. The SMILES string of the molecule is OCCC[C@@H](OCc1ccccc1)[C@@H]1C=CCN1. The van der Waals surface area contributed by atoms with Crippen molar-refractivity contribution >= 4 is 0 Å². The van der Waals surface area contributed by atoms with E-state index in [-0.39, 0.29) is 18.8 Å². The van der Waals surface area contributed by atoms with Gasteiger partial charge in [0.15, 0.2) is 0 Å². The Morgan fingerprint density at radius 1 is 1.33 bits per heavy atom.